The summed E-state index contributed by atoms with van der Waals surface area (Å²) in [4.78, 5) is 26.6. The van der Waals surface area contributed by atoms with Crippen molar-refractivity contribution in [2.24, 2.45) is 0 Å². The standard InChI is InChI=1S/C21H19ClN2O3S/c1-3-13(2)27-15-10-8-14(9-11-15)12-16-19(25)23-21(28)24(20(16)26)18-7-5-4-6-17(18)22/h4-13H,3H2,1-2H3,(H,23,25,28)/b16-12+/t13-/m0/s1. The van der Waals surface area contributed by atoms with Crippen molar-refractivity contribution >= 4 is 52.5 Å². The van der Waals surface area contributed by atoms with Gasteiger partial charge in [-0.2, -0.15) is 0 Å². The summed E-state index contributed by atoms with van der Waals surface area (Å²) in [5.74, 6) is -0.338. The summed E-state index contributed by atoms with van der Waals surface area (Å²) in [6.07, 6.45) is 2.54. The third-order valence-electron chi connectivity index (χ3n) is 4.30. The summed E-state index contributed by atoms with van der Waals surface area (Å²) in [6.45, 7) is 4.04. The normalized spacial score (nSPS) is 16.9. The zero-order chi connectivity index (χ0) is 20.3. The molecule has 0 aliphatic carbocycles. The summed E-state index contributed by atoms with van der Waals surface area (Å²) >= 11 is 11.4. The topological polar surface area (TPSA) is 58.6 Å². The first kappa shape index (κ1) is 20.0. The number of rotatable bonds is 5. The molecular formula is C21H19ClN2O3S. The Labute approximate surface area is 173 Å². The Bertz CT molecular complexity index is 956. The largest absolute Gasteiger partial charge is 0.491 e. The average molecular weight is 415 g/mol. The van der Waals surface area contributed by atoms with E-state index in [0.717, 1.165) is 12.2 Å². The number of carbonyl (C=O) groups is 2. The summed E-state index contributed by atoms with van der Waals surface area (Å²) < 4.78 is 5.75. The van der Waals surface area contributed by atoms with Gasteiger partial charge in [-0.05, 0) is 61.5 Å². The fraction of sp³-hybridized carbons (Fsp3) is 0.190. The van der Waals surface area contributed by atoms with Crippen LogP contribution in [0.3, 0.4) is 0 Å². The lowest BCUT2D eigenvalue weighted by Gasteiger charge is -2.29. The van der Waals surface area contributed by atoms with Gasteiger partial charge in [-0.25, -0.2) is 0 Å². The molecule has 0 aromatic heterocycles. The van der Waals surface area contributed by atoms with E-state index in [-0.39, 0.29) is 16.8 Å². The molecule has 28 heavy (non-hydrogen) atoms. The highest BCUT2D eigenvalue weighted by Crippen LogP contribution is 2.29. The minimum atomic E-state index is -0.543. The van der Waals surface area contributed by atoms with Crippen LogP contribution in [0, 0.1) is 0 Å². The third kappa shape index (κ3) is 4.24. The molecule has 1 atom stereocenters. The minimum Gasteiger partial charge on any atom is -0.491 e. The van der Waals surface area contributed by atoms with Crippen molar-refractivity contribution in [2.75, 3.05) is 4.90 Å². The number of thiocarbonyl (C=S) groups is 1. The van der Waals surface area contributed by atoms with Gasteiger partial charge in [0.15, 0.2) is 5.11 Å². The SMILES string of the molecule is CC[C@H](C)Oc1ccc(/C=C2\C(=O)NC(=S)N(c3ccccc3Cl)C2=O)cc1. The van der Waals surface area contributed by atoms with Crippen LogP contribution in [0.2, 0.25) is 5.02 Å². The highest BCUT2D eigenvalue weighted by atomic mass is 35.5. The number of halogens is 1. The predicted molar refractivity (Wildman–Crippen MR) is 114 cm³/mol. The monoisotopic (exact) mass is 414 g/mol. The zero-order valence-electron chi connectivity index (χ0n) is 15.4. The van der Waals surface area contributed by atoms with Crippen LogP contribution in [0.4, 0.5) is 5.69 Å². The molecule has 144 valence electrons. The molecule has 0 bridgehead atoms. The van der Waals surface area contributed by atoms with E-state index in [4.69, 9.17) is 28.6 Å². The van der Waals surface area contributed by atoms with E-state index in [0.29, 0.717) is 16.3 Å². The highest BCUT2D eigenvalue weighted by Gasteiger charge is 2.35. The summed E-state index contributed by atoms with van der Waals surface area (Å²) in [5.41, 5.74) is 1.09. The van der Waals surface area contributed by atoms with E-state index in [1.165, 1.54) is 11.0 Å². The number of hydrogen-bond acceptors (Lipinski definition) is 4. The van der Waals surface area contributed by atoms with E-state index in [9.17, 15) is 9.59 Å². The van der Waals surface area contributed by atoms with Gasteiger partial charge in [-0.15, -0.1) is 0 Å². The molecule has 0 spiro atoms. The second-order valence-electron chi connectivity index (χ2n) is 6.32. The van der Waals surface area contributed by atoms with Gasteiger partial charge in [0, 0.05) is 0 Å². The third-order valence-corrected chi connectivity index (χ3v) is 4.90. The van der Waals surface area contributed by atoms with Crippen molar-refractivity contribution in [3.05, 3.63) is 64.7 Å². The number of amides is 2. The Hall–Kier alpha value is -2.70. The Balaban J connectivity index is 1.90. The molecule has 1 N–H and O–H groups in total. The van der Waals surface area contributed by atoms with E-state index in [1.54, 1.807) is 48.5 Å². The molecule has 3 rings (SSSR count). The molecule has 0 saturated carbocycles. The van der Waals surface area contributed by atoms with Crippen LogP contribution in [0.25, 0.3) is 6.08 Å². The lowest BCUT2D eigenvalue weighted by molar-refractivity contribution is -0.122. The van der Waals surface area contributed by atoms with Crippen LogP contribution in [-0.2, 0) is 9.59 Å². The number of para-hydroxylation sites is 1. The number of ether oxygens (including phenoxy) is 1. The molecule has 2 amide bonds. The molecule has 1 aliphatic rings. The maximum Gasteiger partial charge on any atom is 0.270 e. The first-order valence-electron chi connectivity index (χ1n) is 8.83. The van der Waals surface area contributed by atoms with Crippen molar-refractivity contribution in [3.63, 3.8) is 0 Å². The number of benzene rings is 2. The first-order valence-corrected chi connectivity index (χ1v) is 9.62. The molecule has 1 heterocycles. The number of carbonyl (C=O) groups excluding carboxylic acids is 2. The van der Waals surface area contributed by atoms with E-state index >= 15 is 0 Å². The highest BCUT2D eigenvalue weighted by molar-refractivity contribution is 7.80. The fourth-order valence-electron chi connectivity index (χ4n) is 2.63. The van der Waals surface area contributed by atoms with Crippen molar-refractivity contribution in [2.45, 2.75) is 26.4 Å². The van der Waals surface area contributed by atoms with Gasteiger partial charge in [-0.1, -0.05) is 42.8 Å². The molecule has 5 nitrogen and oxygen atoms in total. The summed E-state index contributed by atoms with van der Waals surface area (Å²) in [6, 6.07) is 14.0. The smallest absolute Gasteiger partial charge is 0.270 e. The van der Waals surface area contributed by atoms with Gasteiger partial charge in [0.2, 0.25) is 0 Å². The van der Waals surface area contributed by atoms with Crippen LogP contribution >= 0.6 is 23.8 Å². The quantitative estimate of drug-likeness (QED) is 0.449. The Morgan fingerprint density at radius 2 is 1.86 bits per heavy atom. The summed E-state index contributed by atoms with van der Waals surface area (Å²) in [5, 5.41) is 2.91. The predicted octanol–water partition coefficient (Wildman–Crippen LogP) is 4.35. The van der Waals surface area contributed by atoms with Crippen molar-refractivity contribution in [1.82, 2.24) is 5.32 Å². The van der Waals surface area contributed by atoms with Gasteiger partial charge in [0.25, 0.3) is 11.8 Å². The van der Waals surface area contributed by atoms with Crippen LogP contribution in [-0.4, -0.2) is 23.0 Å². The van der Waals surface area contributed by atoms with Gasteiger partial charge in [-0.3, -0.25) is 19.8 Å². The Morgan fingerprint density at radius 1 is 1.18 bits per heavy atom. The molecule has 1 fully saturated rings. The van der Waals surface area contributed by atoms with Crippen LogP contribution < -0.4 is 15.0 Å². The Morgan fingerprint density at radius 3 is 2.50 bits per heavy atom. The molecule has 2 aromatic rings. The Kier molecular flexibility index (Phi) is 6.11. The lowest BCUT2D eigenvalue weighted by Crippen LogP contribution is -2.54. The van der Waals surface area contributed by atoms with Crippen molar-refractivity contribution in [1.29, 1.82) is 0 Å². The number of hydrogen-bond donors (Lipinski definition) is 1. The number of nitrogens with one attached hydrogen (secondary N) is 1. The first-order chi connectivity index (χ1) is 13.4. The van der Waals surface area contributed by atoms with Gasteiger partial charge < -0.3 is 4.74 Å². The van der Waals surface area contributed by atoms with Gasteiger partial charge in [0.05, 0.1) is 16.8 Å². The molecule has 1 saturated heterocycles. The van der Waals surface area contributed by atoms with Crippen LogP contribution in [0.1, 0.15) is 25.8 Å². The van der Waals surface area contributed by atoms with Crippen molar-refractivity contribution < 1.29 is 14.3 Å². The lowest BCUT2D eigenvalue weighted by atomic mass is 10.1. The summed E-state index contributed by atoms with van der Waals surface area (Å²) in [7, 11) is 0. The molecule has 7 heteroatoms. The van der Waals surface area contributed by atoms with E-state index in [1.807, 2.05) is 13.8 Å². The van der Waals surface area contributed by atoms with Crippen LogP contribution in [0.5, 0.6) is 5.75 Å². The molecule has 0 unspecified atom stereocenters. The van der Waals surface area contributed by atoms with E-state index in [2.05, 4.69) is 5.32 Å². The molecule has 1 aliphatic heterocycles. The maximum absolute atomic E-state index is 13.0. The molecule has 0 radical (unpaired) electrons. The van der Waals surface area contributed by atoms with Crippen molar-refractivity contribution in [3.8, 4) is 5.75 Å². The fourth-order valence-corrected chi connectivity index (χ4v) is 3.13. The number of anilines is 1. The molecular weight excluding hydrogens is 396 g/mol. The van der Waals surface area contributed by atoms with Gasteiger partial charge in [0.1, 0.15) is 11.3 Å². The zero-order valence-corrected chi connectivity index (χ0v) is 17.0. The average Bonchev–Trinajstić information content (AvgIpc) is 2.67. The van der Waals surface area contributed by atoms with E-state index < -0.39 is 11.8 Å². The molecule has 2 aromatic carbocycles. The van der Waals surface area contributed by atoms with Gasteiger partial charge >= 0.3 is 0 Å². The maximum atomic E-state index is 13.0. The second kappa shape index (κ2) is 8.54. The number of nitrogens with zero attached hydrogens (tertiary/aromatic N) is 1. The second-order valence-corrected chi connectivity index (χ2v) is 7.11. The minimum absolute atomic E-state index is 0.00227. The van der Waals surface area contributed by atoms with Crippen LogP contribution in [0.15, 0.2) is 54.1 Å².